The number of carboxylic acid groups (broad SMARTS) is 1. The average molecular weight is 438 g/mol. The molecule has 0 amide bonds. The van der Waals surface area contributed by atoms with E-state index in [1.807, 2.05) is 0 Å². The lowest BCUT2D eigenvalue weighted by atomic mass is 10.1. The standard InChI is InChI=1S/C21H22N6O5/c1-12(20(30)32-3)7-9-26-16-10-13(4-5-15(16)25(2)21(26)31)23-18-11-14(19(28)29)24-17-6-8-22-27(17)18/h4-6,8,10-12,23H,7,9H2,1-3H3,(H,28,29). The summed E-state index contributed by atoms with van der Waals surface area (Å²) < 4.78 is 9.41. The molecule has 166 valence electrons. The van der Waals surface area contributed by atoms with Crippen molar-refractivity contribution in [1.29, 1.82) is 0 Å². The van der Waals surface area contributed by atoms with E-state index in [-0.39, 0.29) is 23.3 Å². The third-order valence-electron chi connectivity index (χ3n) is 5.39. The molecule has 4 rings (SSSR count). The number of fused-ring (bicyclic) bond motifs is 2. The number of benzene rings is 1. The molecule has 1 unspecified atom stereocenters. The van der Waals surface area contributed by atoms with Gasteiger partial charge < -0.3 is 15.2 Å². The molecule has 3 aromatic heterocycles. The number of carboxylic acids is 1. The van der Waals surface area contributed by atoms with Crippen LogP contribution in [0.1, 0.15) is 23.8 Å². The van der Waals surface area contributed by atoms with E-state index in [9.17, 15) is 19.5 Å². The monoisotopic (exact) mass is 438 g/mol. The highest BCUT2D eigenvalue weighted by molar-refractivity contribution is 5.88. The molecule has 0 fully saturated rings. The SMILES string of the molecule is COC(=O)C(C)CCn1c(=O)n(C)c2ccc(Nc3cc(C(=O)O)nc4ccnn34)cc21. The summed E-state index contributed by atoms with van der Waals surface area (Å²) in [6.07, 6.45) is 1.98. The smallest absolute Gasteiger partial charge is 0.354 e. The Morgan fingerprint density at radius 2 is 2.00 bits per heavy atom. The topological polar surface area (TPSA) is 133 Å². The first-order chi connectivity index (χ1) is 15.3. The number of imidazole rings is 1. The Morgan fingerprint density at radius 3 is 2.72 bits per heavy atom. The summed E-state index contributed by atoms with van der Waals surface area (Å²) in [5, 5.41) is 16.7. The zero-order valence-corrected chi connectivity index (χ0v) is 17.8. The molecule has 1 aromatic carbocycles. The van der Waals surface area contributed by atoms with Gasteiger partial charge in [0, 0.05) is 31.4 Å². The van der Waals surface area contributed by atoms with Crippen LogP contribution in [0.2, 0.25) is 0 Å². The summed E-state index contributed by atoms with van der Waals surface area (Å²) in [7, 11) is 3.03. The molecule has 32 heavy (non-hydrogen) atoms. The Morgan fingerprint density at radius 1 is 1.22 bits per heavy atom. The highest BCUT2D eigenvalue weighted by atomic mass is 16.5. The Kier molecular flexibility index (Phi) is 5.39. The Balaban J connectivity index is 1.72. The number of hydrogen-bond donors (Lipinski definition) is 2. The Bertz CT molecular complexity index is 1400. The molecule has 0 radical (unpaired) electrons. The van der Waals surface area contributed by atoms with Gasteiger partial charge in [0.25, 0.3) is 0 Å². The van der Waals surface area contributed by atoms with Crippen molar-refractivity contribution in [2.45, 2.75) is 19.9 Å². The van der Waals surface area contributed by atoms with Crippen molar-refractivity contribution in [3.63, 3.8) is 0 Å². The van der Waals surface area contributed by atoms with Crippen LogP contribution in [0, 0.1) is 5.92 Å². The number of ether oxygens (including phenoxy) is 1. The summed E-state index contributed by atoms with van der Waals surface area (Å²) in [5.41, 5.74) is 2.13. The molecule has 4 aromatic rings. The number of methoxy groups -OCH3 is 1. The number of hydrogen-bond acceptors (Lipinski definition) is 7. The third-order valence-corrected chi connectivity index (χ3v) is 5.39. The van der Waals surface area contributed by atoms with Gasteiger partial charge in [-0.2, -0.15) is 9.61 Å². The molecule has 0 aliphatic carbocycles. The van der Waals surface area contributed by atoms with E-state index in [1.54, 1.807) is 47.4 Å². The minimum atomic E-state index is -1.15. The van der Waals surface area contributed by atoms with E-state index < -0.39 is 5.97 Å². The van der Waals surface area contributed by atoms with Gasteiger partial charge in [0.05, 0.1) is 30.3 Å². The second-order valence-corrected chi connectivity index (χ2v) is 7.47. The largest absolute Gasteiger partial charge is 0.477 e. The lowest BCUT2D eigenvalue weighted by Gasteiger charge is -2.11. The van der Waals surface area contributed by atoms with Gasteiger partial charge in [0.15, 0.2) is 11.3 Å². The van der Waals surface area contributed by atoms with Crippen LogP contribution in [0.4, 0.5) is 11.5 Å². The third kappa shape index (κ3) is 3.68. The molecular weight excluding hydrogens is 416 g/mol. The molecule has 11 nitrogen and oxygen atoms in total. The van der Waals surface area contributed by atoms with Gasteiger partial charge in [-0.25, -0.2) is 14.6 Å². The van der Waals surface area contributed by atoms with E-state index in [0.29, 0.717) is 35.6 Å². The number of aryl methyl sites for hydroxylation is 2. The predicted molar refractivity (Wildman–Crippen MR) is 116 cm³/mol. The van der Waals surface area contributed by atoms with Crippen LogP contribution in [0.25, 0.3) is 16.7 Å². The van der Waals surface area contributed by atoms with Crippen LogP contribution in [-0.4, -0.2) is 47.9 Å². The van der Waals surface area contributed by atoms with E-state index in [2.05, 4.69) is 15.4 Å². The van der Waals surface area contributed by atoms with Gasteiger partial charge in [-0.05, 0) is 24.6 Å². The number of aromatic nitrogens is 5. The van der Waals surface area contributed by atoms with Crippen molar-refractivity contribution in [1.82, 2.24) is 23.7 Å². The summed E-state index contributed by atoms with van der Waals surface area (Å²) in [4.78, 5) is 40.0. The molecule has 3 heterocycles. The molecule has 1 atom stereocenters. The quantitative estimate of drug-likeness (QED) is 0.419. The zero-order chi connectivity index (χ0) is 23.0. The summed E-state index contributed by atoms with van der Waals surface area (Å²) in [6, 6.07) is 8.40. The van der Waals surface area contributed by atoms with Crippen molar-refractivity contribution < 1.29 is 19.4 Å². The van der Waals surface area contributed by atoms with Crippen molar-refractivity contribution in [2.24, 2.45) is 13.0 Å². The molecule has 11 heteroatoms. The lowest BCUT2D eigenvalue weighted by molar-refractivity contribution is -0.145. The molecule has 0 aliphatic heterocycles. The highest BCUT2D eigenvalue weighted by Gasteiger charge is 2.17. The van der Waals surface area contributed by atoms with Crippen LogP contribution in [0.3, 0.4) is 0 Å². The van der Waals surface area contributed by atoms with Crippen molar-refractivity contribution in [3.8, 4) is 0 Å². The minimum absolute atomic E-state index is 0.116. The molecule has 0 saturated heterocycles. The fraction of sp³-hybridized carbons (Fsp3) is 0.286. The molecule has 0 bridgehead atoms. The van der Waals surface area contributed by atoms with Crippen molar-refractivity contribution >= 4 is 40.1 Å². The normalized spacial score (nSPS) is 12.2. The maximum atomic E-state index is 12.8. The number of rotatable bonds is 7. The van der Waals surface area contributed by atoms with Crippen LogP contribution in [0.5, 0.6) is 0 Å². The predicted octanol–water partition coefficient (Wildman–Crippen LogP) is 2.02. The van der Waals surface area contributed by atoms with Crippen molar-refractivity contribution in [2.75, 3.05) is 12.4 Å². The van der Waals surface area contributed by atoms with Gasteiger partial charge in [0.2, 0.25) is 0 Å². The second-order valence-electron chi connectivity index (χ2n) is 7.47. The first-order valence-electron chi connectivity index (χ1n) is 9.92. The summed E-state index contributed by atoms with van der Waals surface area (Å²) >= 11 is 0. The summed E-state index contributed by atoms with van der Waals surface area (Å²) in [5.74, 6) is -1.40. The fourth-order valence-corrected chi connectivity index (χ4v) is 3.61. The number of aromatic carboxylic acids is 1. The van der Waals surface area contributed by atoms with Gasteiger partial charge in [0.1, 0.15) is 5.82 Å². The van der Waals surface area contributed by atoms with Crippen molar-refractivity contribution in [3.05, 3.63) is 52.7 Å². The molecule has 2 N–H and O–H groups in total. The number of anilines is 2. The maximum absolute atomic E-state index is 12.8. The molecular formula is C21H22N6O5. The Hall–Kier alpha value is -4.15. The summed E-state index contributed by atoms with van der Waals surface area (Å²) in [6.45, 7) is 2.10. The zero-order valence-electron chi connectivity index (χ0n) is 17.8. The minimum Gasteiger partial charge on any atom is -0.477 e. The van der Waals surface area contributed by atoms with E-state index in [1.165, 1.54) is 23.9 Å². The second kappa shape index (κ2) is 8.17. The highest BCUT2D eigenvalue weighted by Crippen LogP contribution is 2.23. The number of nitrogens with zero attached hydrogens (tertiary/aromatic N) is 5. The molecule has 0 spiro atoms. The van der Waals surface area contributed by atoms with Crippen LogP contribution in [-0.2, 0) is 23.1 Å². The molecule has 0 aliphatic rings. The molecule has 0 saturated carbocycles. The van der Waals surface area contributed by atoms with Crippen LogP contribution in [0.15, 0.2) is 41.3 Å². The lowest BCUT2D eigenvalue weighted by Crippen LogP contribution is -2.24. The fourth-order valence-electron chi connectivity index (χ4n) is 3.61. The van der Waals surface area contributed by atoms with E-state index in [4.69, 9.17) is 4.74 Å². The van der Waals surface area contributed by atoms with E-state index in [0.717, 1.165) is 5.52 Å². The maximum Gasteiger partial charge on any atom is 0.354 e. The number of esters is 1. The van der Waals surface area contributed by atoms with Crippen LogP contribution < -0.4 is 11.0 Å². The van der Waals surface area contributed by atoms with Gasteiger partial charge in [-0.3, -0.25) is 13.9 Å². The van der Waals surface area contributed by atoms with E-state index >= 15 is 0 Å². The average Bonchev–Trinajstić information content (AvgIpc) is 3.35. The first kappa shape index (κ1) is 21.1. The van der Waals surface area contributed by atoms with Gasteiger partial charge in [-0.15, -0.1) is 0 Å². The number of nitrogens with one attached hydrogen (secondary N) is 1. The number of carbonyl (C=O) groups excluding carboxylic acids is 1. The van der Waals surface area contributed by atoms with Gasteiger partial charge >= 0.3 is 17.6 Å². The van der Waals surface area contributed by atoms with Gasteiger partial charge in [-0.1, -0.05) is 6.92 Å². The Labute approximate surface area is 181 Å². The first-order valence-corrected chi connectivity index (χ1v) is 9.92. The number of carbonyl (C=O) groups is 2. The van der Waals surface area contributed by atoms with Crippen LogP contribution >= 0.6 is 0 Å².